The van der Waals surface area contributed by atoms with Crippen LogP contribution in [0.2, 0.25) is 0 Å². The maximum atomic E-state index is 14.2. The first kappa shape index (κ1) is 20.1. The number of benzene rings is 1. The second-order valence-corrected chi connectivity index (χ2v) is 7.52. The molecule has 0 saturated carbocycles. The third-order valence-corrected chi connectivity index (χ3v) is 5.29. The van der Waals surface area contributed by atoms with E-state index in [9.17, 15) is 8.78 Å². The number of nitrogens with two attached hydrogens (primary N) is 2. The molecule has 3 aromatic heterocycles. The van der Waals surface area contributed by atoms with Gasteiger partial charge in [0.05, 0.1) is 30.8 Å². The predicted octanol–water partition coefficient (Wildman–Crippen LogP) is 2.58. The molecule has 0 bridgehead atoms. The standard InChI is InChI=1S/C21H20F2N8O/c22-12-7-14-16(20-28-18(24)17(19(25)29-20)27-13-5-6-32-10-13)30-31(21(14)26-8-12)9-11-3-1-2-4-15(11)23/h1-4,7-8,13,27H,5-6,9-10H2,(H4,24,25,28,29). The van der Waals surface area contributed by atoms with Crippen LogP contribution in [0.5, 0.6) is 0 Å². The van der Waals surface area contributed by atoms with Crippen LogP contribution in [0.15, 0.2) is 36.5 Å². The predicted molar refractivity (Wildman–Crippen MR) is 116 cm³/mol. The maximum absolute atomic E-state index is 14.2. The minimum atomic E-state index is -0.551. The van der Waals surface area contributed by atoms with Crippen molar-refractivity contribution < 1.29 is 13.5 Å². The van der Waals surface area contributed by atoms with Crippen molar-refractivity contribution in [2.45, 2.75) is 19.0 Å². The van der Waals surface area contributed by atoms with E-state index in [2.05, 4.69) is 25.4 Å². The van der Waals surface area contributed by atoms with Gasteiger partial charge < -0.3 is 21.5 Å². The van der Waals surface area contributed by atoms with Crippen LogP contribution in [0, 0.1) is 11.6 Å². The van der Waals surface area contributed by atoms with Crippen LogP contribution >= 0.6 is 0 Å². The highest BCUT2D eigenvalue weighted by molar-refractivity contribution is 5.90. The first-order valence-corrected chi connectivity index (χ1v) is 10.0. The molecule has 0 radical (unpaired) electrons. The zero-order valence-corrected chi connectivity index (χ0v) is 16.9. The number of pyridine rings is 1. The number of fused-ring (bicyclic) bond motifs is 1. The number of rotatable bonds is 5. The number of halogens is 2. The highest BCUT2D eigenvalue weighted by Gasteiger charge is 2.22. The van der Waals surface area contributed by atoms with Crippen LogP contribution in [0.1, 0.15) is 12.0 Å². The van der Waals surface area contributed by atoms with E-state index >= 15 is 0 Å². The Morgan fingerprint density at radius 2 is 1.94 bits per heavy atom. The van der Waals surface area contributed by atoms with E-state index in [1.54, 1.807) is 18.2 Å². The highest BCUT2D eigenvalue weighted by atomic mass is 19.1. The van der Waals surface area contributed by atoms with Gasteiger partial charge in [-0.3, -0.25) is 0 Å². The maximum Gasteiger partial charge on any atom is 0.184 e. The molecular weight excluding hydrogens is 418 g/mol. The van der Waals surface area contributed by atoms with E-state index in [-0.39, 0.29) is 41.6 Å². The van der Waals surface area contributed by atoms with Crippen molar-refractivity contribution in [3.8, 4) is 11.5 Å². The molecule has 1 unspecified atom stereocenters. The zero-order chi connectivity index (χ0) is 22.2. The molecule has 4 aromatic rings. The molecule has 9 nitrogen and oxygen atoms in total. The number of anilines is 3. The van der Waals surface area contributed by atoms with Gasteiger partial charge in [0.2, 0.25) is 0 Å². The van der Waals surface area contributed by atoms with Gasteiger partial charge in [0.15, 0.2) is 23.1 Å². The lowest BCUT2D eigenvalue weighted by Gasteiger charge is -2.15. The fourth-order valence-corrected chi connectivity index (χ4v) is 3.70. The van der Waals surface area contributed by atoms with Crippen LogP contribution < -0.4 is 16.8 Å². The van der Waals surface area contributed by atoms with Crippen molar-refractivity contribution in [2.75, 3.05) is 30.0 Å². The zero-order valence-electron chi connectivity index (χ0n) is 16.9. The highest BCUT2D eigenvalue weighted by Crippen LogP contribution is 2.31. The van der Waals surface area contributed by atoms with Crippen LogP contribution in [0.25, 0.3) is 22.6 Å². The Balaban J connectivity index is 1.58. The fraction of sp³-hybridized carbons (Fsp3) is 0.238. The summed E-state index contributed by atoms with van der Waals surface area (Å²) in [7, 11) is 0. The van der Waals surface area contributed by atoms with Crippen molar-refractivity contribution in [3.05, 3.63) is 53.7 Å². The quantitative estimate of drug-likeness (QED) is 0.434. The molecule has 0 aliphatic carbocycles. The summed E-state index contributed by atoms with van der Waals surface area (Å²) in [5.74, 6) is -0.528. The molecule has 5 rings (SSSR count). The number of hydrogen-bond donors (Lipinski definition) is 3. The van der Waals surface area contributed by atoms with Gasteiger partial charge in [0.1, 0.15) is 23.0 Å². The summed E-state index contributed by atoms with van der Waals surface area (Å²) in [6.45, 7) is 1.28. The van der Waals surface area contributed by atoms with Crippen molar-refractivity contribution in [2.24, 2.45) is 0 Å². The number of hydrogen-bond acceptors (Lipinski definition) is 8. The van der Waals surface area contributed by atoms with Crippen LogP contribution in [0.3, 0.4) is 0 Å². The summed E-state index contributed by atoms with van der Waals surface area (Å²) in [6, 6.07) is 7.68. The van der Waals surface area contributed by atoms with E-state index in [0.717, 1.165) is 12.6 Å². The minimum Gasteiger partial charge on any atom is -0.382 e. The van der Waals surface area contributed by atoms with E-state index in [1.807, 2.05) is 0 Å². The SMILES string of the molecule is Nc1nc(-c2nn(Cc3ccccc3F)c3ncc(F)cc23)nc(N)c1NC1CCOC1. The molecule has 0 amide bonds. The molecule has 1 fully saturated rings. The van der Waals surface area contributed by atoms with Crippen LogP contribution in [-0.4, -0.2) is 44.0 Å². The Labute approximate surface area is 181 Å². The lowest BCUT2D eigenvalue weighted by Crippen LogP contribution is -2.21. The number of nitrogen functional groups attached to an aromatic ring is 2. The molecule has 5 N–H and O–H groups in total. The Bertz CT molecular complexity index is 1280. The summed E-state index contributed by atoms with van der Waals surface area (Å²) in [6.07, 6.45) is 1.89. The second-order valence-electron chi connectivity index (χ2n) is 7.52. The van der Waals surface area contributed by atoms with Crippen molar-refractivity contribution in [1.29, 1.82) is 0 Å². The van der Waals surface area contributed by atoms with Crippen molar-refractivity contribution in [1.82, 2.24) is 24.7 Å². The summed E-state index contributed by atoms with van der Waals surface area (Å²) in [5.41, 5.74) is 13.7. The smallest absolute Gasteiger partial charge is 0.184 e. The average molecular weight is 438 g/mol. The summed E-state index contributed by atoms with van der Waals surface area (Å²) >= 11 is 0. The summed E-state index contributed by atoms with van der Waals surface area (Å²) in [5, 5.41) is 8.07. The molecule has 1 saturated heterocycles. The molecule has 4 heterocycles. The first-order valence-electron chi connectivity index (χ1n) is 10.0. The summed E-state index contributed by atoms with van der Waals surface area (Å²) < 4.78 is 35.0. The normalized spacial score (nSPS) is 16.0. The number of aromatic nitrogens is 5. The Morgan fingerprint density at radius 3 is 2.66 bits per heavy atom. The van der Waals surface area contributed by atoms with Crippen molar-refractivity contribution >= 4 is 28.4 Å². The van der Waals surface area contributed by atoms with Gasteiger partial charge in [-0.05, 0) is 18.6 Å². The Hall–Kier alpha value is -3.86. The topological polar surface area (TPSA) is 130 Å². The number of ether oxygens (including phenoxy) is 1. The monoisotopic (exact) mass is 438 g/mol. The first-order chi connectivity index (χ1) is 15.5. The minimum absolute atomic E-state index is 0.0631. The third-order valence-electron chi connectivity index (χ3n) is 5.29. The van der Waals surface area contributed by atoms with Crippen LogP contribution in [0.4, 0.5) is 26.1 Å². The molecule has 1 aliphatic rings. The molecule has 0 spiro atoms. The molecule has 11 heteroatoms. The van der Waals surface area contributed by atoms with Crippen LogP contribution in [-0.2, 0) is 11.3 Å². The van der Waals surface area contributed by atoms with E-state index in [4.69, 9.17) is 16.2 Å². The van der Waals surface area contributed by atoms with Gasteiger partial charge in [-0.15, -0.1) is 0 Å². The number of nitrogens with one attached hydrogen (secondary N) is 1. The Morgan fingerprint density at radius 1 is 1.16 bits per heavy atom. The Kier molecular flexibility index (Phi) is 5.02. The summed E-state index contributed by atoms with van der Waals surface area (Å²) in [4.78, 5) is 12.8. The fourth-order valence-electron chi connectivity index (χ4n) is 3.70. The third kappa shape index (κ3) is 3.66. The molecule has 1 aromatic carbocycles. The van der Waals surface area contributed by atoms with Crippen molar-refractivity contribution in [3.63, 3.8) is 0 Å². The molecule has 1 atom stereocenters. The largest absolute Gasteiger partial charge is 0.382 e. The van der Waals surface area contributed by atoms with E-state index < -0.39 is 5.82 Å². The van der Waals surface area contributed by atoms with E-state index in [0.29, 0.717) is 35.5 Å². The van der Waals surface area contributed by atoms with Gasteiger partial charge in [-0.25, -0.2) is 28.4 Å². The average Bonchev–Trinajstić information content (AvgIpc) is 3.40. The van der Waals surface area contributed by atoms with Gasteiger partial charge in [0.25, 0.3) is 0 Å². The molecule has 164 valence electrons. The lowest BCUT2D eigenvalue weighted by molar-refractivity contribution is 0.195. The van der Waals surface area contributed by atoms with Gasteiger partial charge >= 0.3 is 0 Å². The number of nitrogens with zero attached hydrogens (tertiary/aromatic N) is 5. The van der Waals surface area contributed by atoms with Gasteiger partial charge in [-0.2, -0.15) is 5.10 Å². The molecular formula is C21H20F2N8O. The van der Waals surface area contributed by atoms with Gasteiger partial charge in [-0.1, -0.05) is 18.2 Å². The van der Waals surface area contributed by atoms with Gasteiger partial charge in [0, 0.05) is 12.2 Å². The molecule has 32 heavy (non-hydrogen) atoms. The van der Waals surface area contributed by atoms with E-state index in [1.165, 1.54) is 16.8 Å². The lowest BCUT2D eigenvalue weighted by atomic mass is 10.2. The molecule has 1 aliphatic heterocycles. The second kappa shape index (κ2) is 8.00.